The van der Waals surface area contributed by atoms with Crippen LogP contribution in [-0.2, 0) is 14.3 Å². The molecule has 0 rings (SSSR count). The molecule has 5 nitrogen and oxygen atoms in total. The van der Waals surface area contributed by atoms with Crippen LogP contribution in [-0.4, -0.2) is 23.3 Å². The van der Waals surface area contributed by atoms with Crippen LogP contribution in [0.15, 0.2) is 0 Å². The van der Waals surface area contributed by atoms with Gasteiger partial charge in [-0.25, -0.2) is 9.59 Å². The van der Waals surface area contributed by atoms with Crippen molar-refractivity contribution in [1.82, 2.24) is 5.32 Å². The van der Waals surface area contributed by atoms with Crippen LogP contribution in [0.3, 0.4) is 0 Å². The van der Waals surface area contributed by atoms with E-state index >= 15 is 0 Å². The maximum atomic E-state index is 11.5. The summed E-state index contributed by atoms with van der Waals surface area (Å²) < 4.78 is 10.1. The topological polar surface area (TPSA) is 64.6 Å². The molecule has 17 heavy (non-hydrogen) atoms. The molecule has 0 fully saturated rings. The molecule has 1 N–H and O–H groups in total. The predicted molar refractivity (Wildman–Crippen MR) is 64.1 cm³/mol. The van der Waals surface area contributed by atoms with Crippen LogP contribution in [0.2, 0.25) is 0 Å². The summed E-state index contributed by atoms with van der Waals surface area (Å²) in [6, 6.07) is 0.106. The fourth-order valence-corrected chi connectivity index (χ4v) is 0.862. The van der Waals surface area contributed by atoms with E-state index in [4.69, 9.17) is 9.47 Å². The van der Waals surface area contributed by atoms with Gasteiger partial charge in [-0.1, -0.05) is 0 Å². The van der Waals surface area contributed by atoms with Crippen LogP contribution in [0.1, 0.15) is 48.5 Å². The third-order valence-electron chi connectivity index (χ3n) is 1.39. The zero-order valence-electron chi connectivity index (χ0n) is 11.6. The van der Waals surface area contributed by atoms with Crippen LogP contribution in [0.5, 0.6) is 0 Å². The zero-order valence-corrected chi connectivity index (χ0v) is 11.6. The highest BCUT2D eigenvalue weighted by Gasteiger charge is 2.26. The monoisotopic (exact) mass is 244 g/mol. The molecule has 0 aromatic rings. The third kappa shape index (κ3) is 8.54. The van der Waals surface area contributed by atoms with Crippen molar-refractivity contribution in [1.29, 1.82) is 0 Å². The minimum atomic E-state index is -0.666. The van der Waals surface area contributed by atoms with Crippen molar-refractivity contribution in [2.45, 2.75) is 59.7 Å². The van der Waals surface area contributed by atoms with Gasteiger partial charge >= 0.3 is 12.1 Å². The lowest BCUT2D eigenvalue weighted by molar-refractivity contribution is -0.152. The molecule has 1 amide bonds. The molecule has 0 aromatic carbocycles. The predicted octanol–water partition coefficient (Wildman–Crippen LogP) is 2.40. The minimum Gasteiger partial charge on any atom is -0.458 e. The Labute approximate surface area is 103 Å². The first-order valence-corrected chi connectivity index (χ1v) is 5.47. The van der Waals surface area contributed by atoms with Gasteiger partial charge in [0.15, 0.2) is 6.04 Å². The molecule has 0 spiro atoms. The number of rotatable bonds is 2. The molecule has 1 radical (unpaired) electrons. The van der Waals surface area contributed by atoms with Crippen LogP contribution in [0.25, 0.3) is 0 Å². The van der Waals surface area contributed by atoms with Crippen molar-refractivity contribution >= 4 is 12.1 Å². The summed E-state index contributed by atoms with van der Waals surface area (Å²) in [5.74, 6) is -0.566. The average molecular weight is 244 g/mol. The Hall–Kier alpha value is -1.26. The van der Waals surface area contributed by atoms with Crippen molar-refractivity contribution in [2.75, 3.05) is 0 Å². The van der Waals surface area contributed by atoms with Crippen molar-refractivity contribution in [3.05, 3.63) is 6.04 Å². The lowest BCUT2D eigenvalue weighted by atomic mass is 10.2. The highest BCUT2D eigenvalue weighted by atomic mass is 16.6. The fourth-order valence-electron chi connectivity index (χ4n) is 0.862. The number of ether oxygens (including phenoxy) is 2. The summed E-state index contributed by atoms with van der Waals surface area (Å²) >= 11 is 0. The smallest absolute Gasteiger partial charge is 0.408 e. The Morgan fingerprint density at radius 1 is 0.882 bits per heavy atom. The van der Waals surface area contributed by atoms with Crippen LogP contribution >= 0.6 is 0 Å². The molecule has 0 aliphatic heterocycles. The number of amides is 1. The number of hydrogen-bond acceptors (Lipinski definition) is 4. The first-order valence-electron chi connectivity index (χ1n) is 5.47. The molecule has 0 saturated carbocycles. The van der Waals surface area contributed by atoms with E-state index in [1.54, 1.807) is 41.5 Å². The lowest BCUT2D eigenvalue weighted by Gasteiger charge is -2.24. The lowest BCUT2D eigenvalue weighted by Crippen LogP contribution is -2.39. The van der Waals surface area contributed by atoms with E-state index in [9.17, 15) is 9.59 Å². The Balaban J connectivity index is 4.22. The number of alkyl carbamates (subject to hydrolysis) is 1. The van der Waals surface area contributed by atoms with Gasteiger partial charge in [0, 0.05) is 0 Å². The first-order chi connectivity index (χ1) is 7.41. The molecule has 0 aliphatic rings. The van der Waals surface area contributed by atoms with Gasteiger partial charge in [0.1, 0.15) is 11.2 Å². The standard InChI is InChI=1S/C12H22NO4/c1-8(9(14)16-11(2,3)4)13-10(15)17-12(5,6)7/h1-7H3,(H,13,15). The maximum absolute atomic E-state index is 11.5. The Kier molecular flexibility index (Phi) is 4.98. The molecule has 0 aromatic heterocycles. The second-order valence-corrected chi connectivity index (χ2v) is 5.75. The van der Waals surface area contributed by atoms with Gasteiger partial charge in [0.05, 0.1) is 0 Å². The summed E-state index contributed by atoms with van der Waals surface area (Å²) in [4.78, 5) is 22.9. The maximum Gasteiger partial charge on any atom is 0.408 e. The molecule has 99 valence electrons. The van der Waals surface area contributed by atoms with Gasteiger partial charge in [-0.15, -0.1) is 0 Å². The Morgan fingerprint density at radius 3 is 1.65 bits per heavy atom. The Morgan fingerprint density at radius 2 is 1.29 bits per heavy atom. The number of carbonyl (C=O) groups excluding carboxylic acids is 2. The summed E-state index contributed by atoms with van der Waals surface area (Å²) in [7, 11) is 0. The molecule has 0 unspecified atom stereocenters. The van der Waals surface area contributed by atoms with E-state index in [-0.39, 0.29) is 6.04 Å². The fraction of sp³-hybridized carbons (Fsp3) is 0.750. The minimum absolute atomic E-state index is 0.106. The zero-order chi connectivity index (χ0) is 13.9. The third-order valence-corrected chi connectivity index (χ3v) is 1.39. The van der Waals surface area contributed by atoms with Crippen molar-refractivity contribution < 1.29 is 19.1 Å². The van der Waals surface area contributed by atoms with Crippen LogP contribution < -0.4 is 5.32 Å². The second-order valence-electron chi connectivity index (χ2n) is 5.75. The molecular weight excluding hydrogens is 222 g/mol. The van der Waals surface area contributed by atoms with Crippen molar-refractivity contribution in [2.24, 2.45) is 0 Å². The van der Waals surface area contributed by atoms with Gasteiger partial charge in [0.2, 0.25) is 0 Å². The quantitative estimate of drug-likeness (QED) is 0.757. The highest BCUT2D eigenvalue weighted by Crippen LogP contribution is 2.12. The SMILES string of the molecule is C[C](NC(=O)OC(C)(C)C)C(=O)OC(C)(C)C. The van der Waals surface area contributed by atoms with Crippen molar-refractivity contribution in [3.8, 4) is 0 Å². The molecule has 0 atom stereocenters. The van der Waals surface area contributed by atoms with E-state index in [0.29, 0.717) is 0 Å². The molecule has 0 heterocycles. The van der Waals surface area contributed by atoms with Crippen molar-refractivity contribution in [3.63, 3.8) is 0 Å². The normalized spacial score (nSPS) is 12.2. The van der Waals surface area contributed by atoms with E-state index in [0.717, 1.165) is 0 Å². The molecule has 5 heteroatoms. The summed E-state index contributed by atoms with van der Waals surface area (Å²) in [5, 5.41) is 2.34. The molecule has 0 saturated heterocycles. The van der Waals surface area contributed by atoms with Crippen LogP contribution in [0.4, 0.5) is 4.79 Å². The molecular formula is C12H22NO4. The van der Waals surface area contributed by atoms with Crippen LogP contribution in [0, 0.1) is 6.04 Å². The molecule has 0 bridgehead atoms. The Bertz CT molecular complexity index is 286. The average Bonchev–Trinajstić information content (AvgIpc) is 1.95. The van der Waals surface area contributed by atoms with Gasteiger partial charge < -0.3 is 14.8 Å². The summed E-state index contributed by atoms with van der Waals surface area (Å²) in [6.07, 6.45) is -0.666. The van der Waals surface area contributed by atoms with Gasteiger partial charge in [-0.05, 0) is 48.5 Å². The largest absolute Gasteiger partial charge is 0.458 e. The second kappa shape index (κ2) is 5.38. The van der Waals surface area contributed by atoms with E-state index < -0.39 is 23.3 Å². The van der Waals surface area contributed by atoms with E-state index in [1.165, 1.54) is 6.92 Å². The first kappa shape index (κ1) is 15.7. The summed E-state index contributed by atoms with van der Waals surface area (Å²) in [5.41, 5.74) is -1.19. The number of carbonyl (C=O) groups is 2. The van der Waals surface area contributed by atoms with Gasteiger partial charge in [0.25, 0.3) is 0 Å². The number of nitrogens with one attached hydrogen (secondary N) is 1. The van der Waals surface area contributed by atoms with Gasteiger partial charge in [-0.2, -0.15) is 0 Å². The highest BCUT2D eigenvalue weighted by molar-refractivity contribution is 5.88. The van der Waals surface area contributed by atoms with E-state index in [1.807, 2.05) is 0 Å². The van der Waals surface area contributed by atoms with E-state index in [2.05, 4.69) is 5.32 Å². The molecule has 0 aliphatic carbocycles. The summed E-state index contributed by atoms with van der Waals surface area (Å²) in [6.45, 7) is 12.0. The number of esters is 1. The van der Waals surface area contributed by atoms with Gasteiger partial charge in [-0.3, -0.25) is 0 Å². The number of hydrogen-bond donors (Lipinski definition) is 1.